The van der Waals surface area contributed by atoms with Crippen LogP contribution >= 0.6 is 0 Å². The zero-order valence-electron chi connectivity index (χ0n) is 13.2. The number of hydrogen-bond acceptors (Lipinski definition) is 4. The first kappa shape index (κ1) is 17.0. The Morgan fingerprint density at radius 2 is 1.96 bits per heavy atom. The molecule has 0 aromatic heterocycles. The van der Waals surface area contributed by atoms with Gasteiger partial charge in [-0.3, -0.25) is 4.79 Å². The summed E-state index contributed by atoms with van der Waals surface area (Å²) in [6.07, 6.45) is 3.75. The summed E-state index contributed by atoms with van der Waals surface area (Å²) in [7, 11) is 0. The van der Waals surface area contributed by atoms with Crippen LogP contribution in [0.3, 0.4) is 0 Å². The largest absolute Gasteiger partial charge is 0.480 e. The van der Waals surface area contributed by atoms with Crippen molar-refractivity contribution < 1.29 is 19.4 Å². The molecule has 124 valence electrons. The Morgan fingerprint density at radius 1 is 1.30 bits per heavy atom. The van der Waals surface area contributed by atoms with Crippen LogP contribution in [0, 0.1) is 0 Å². The molecule has 0 spiro atoms. The van der Waals surface area contributed by atoms with Gasteiger partial charge in [-0.05, 0) is 37.6 Å². The molecule has 1 atom stereocenters. The predicted molar refractivity (Wildman–Crippen MR) is 87.8 cm³/mol. The lowest BCUT2D eigenvalue weighted by molar-refractivity contribution is -0.139. The summed E-state index contributed by atoms with van der Waals surface area (Å²) in [5, 5.41) is 11.7. The van der Waals surface area contributed by atoms with Gasteiger partial charge in [0.25, 0.3) is 5.91 Å². The number of aliphatic carboxylic acids is 1. The Hall–Kier alpha value is -2.34. The average Bonchev–Trinajstić information content (AvgIpc) is 2.59. The number of morpholine rings is 1. The van der Waals surface area contributed by atoms with Gasteiger partial charge in [-0.1, -0.05) is 12.2 Å². The van der Waals surface area contributed by atoms with Crippen molar-refractivity contribution >= 4 is 17.6 Å². The van der Waals surface area contributed by atoms with Crippen LogP contribution in [0.25, 0.3) is 0 Å². The third kappa shape index (κ3) is 4.82. The Balaban J connectivity index is 1.99. The molecule has 2 N–H and O–H groups in total. The maximum Gasteiger partial charge on any atom is 0.326 e. The fraction of sp³-hybridized carbons (Fsp3) is 0.412. The van der Waals surface area contributed by atoms with Crippen LogP contribution in [0.2, 0.25) is 0 Å². The third-order valence-electron chi connectivity index (χ3n) is 3.72. The molecule has 6 heteroatoms. The maximum absolute atomic E-state index is 12.2. The van der Waals surface area contributed by atoms with E-state index in [0.717, 1.165) is 18.8 Å². The van der Waals surface area contributed by atoms with E-state index in [1.165, 1.54) is 0 Å². The number of carbonyl (C=O) groups excluding carboxylic acids is 1. The Kier molecular flexibility index (Phi) is 6.17. The number of anilines is 1. The summed E-state index contributed by atoms with van der Waals surface area (Å²) < 4.78 is 5.31. The highest BCUT2D eigenvalue weighted by molar-refractivity contribution is 5.96. The van der Waals surface area contributed by atoms with Gasteiger partial charge in [-0.15, -0.1) is 0 Å². The summed E-state index contributed by atoms with van der Waals surface area (Å²) in [5.74, 6) is -1.42. The zero-order valence-corrected chi connectivity index (χ0v) is 13.2. The molecule has 1 aromatic rings. The normalized spacial score (nSPS) is 16.3. The predicted octanol–water partition coefficient (Wildman–Crippen LogP) is 1.67. The van der Waals surface area contributed by atoms with Crippen molar-refractivity contribution in [3.63, 3.8) is 0 Å². The molecule has 0 aliphatic carbocycles. The summed E-state index contributed by atoms with van der Waals surface area (Å²) in [6.45, 7) is 4.87. The summed E-state index contributed by atoms with van der Waals surface area (Å²) >= 11 is 0. The van der Waals surface area contributed by atoms with Gasteiger partial charge in [-0.25, -0.2) is 4.79 Å². The lowest BCUT2D eigenvalue weighted by Gasteiger charge is -2.28. The van der Waals surface area contributed by atoms with E-state index < -0.39 is 12.0 Å². The van der Waals surface area contributed by atoms with E-state index in [1.807, 2.05) is 19.1 Å². The van der Waals surface area contributed by atoms with Crippen molar-refractivity contribution in [3.8, 4) is 0 Å². The van der Waals surface area contributed by atoms with Crippen molar-refractivity contribution in [2.45, 2.75) is 19.4 Å². The number of nitrogens with one attached hydrogen (secondary N) is 1. The van der Waals surface area contributed by atoms with E-state index in [2.05, 4.69) is 10.2 Å². The number of carboxylic acid groups (broad SMARTS) is 1. The number of ether oxygens (including phenoxy) is 1. The summed E-state index contributed by atoms with van der Waals surface area (Å²) in [4.78, 5) is 25.5. The van der Waals surface area contributed by atoms with Gasteiger partial charge in [0.1, 0.15) is 6.04 Å². The second-order valence-electron chi connectivity index (χ2n) is 5.32. The molecule has 0 bridgehead atoms. The molecule has 0 radical (unpaired) electrons. The van der Waals surface area contributed by atoms with Gasteiger partial charge in [0.15, 0.2) is 0 Å². The van der Waals surface area contributed by atoms with Crippen molar-refractivity contribution in [1.29, 1.82) is 0 Å². The van der Waals surface area contributed by atoms with Gasteiger partial charge in [0.05, 0.1) is 13.2 Å². The van der Waals surface area contributed by atoms with E-state index in [-0.39, 0.29) is 12.3 Å². The van der Waals surface area contributed by atoms with E-state index in [4.69, 9.17) is 9.84 Å². The minimum Gasteiger partial charge on any atom is -0.480 e. The topological polar surface area (TPSA) is 78.9 Å². The minimum absolute atomic E-state index is 0.267. The zero-order chi connectivity index (χ0) is 16.7. The summed E-state index contributed by atoms with van der Waals surface area (Å²) in [5.41, 5.74) is 1.49. The number of benzene rings is 1. The highest BCUT2D eigenvalue weighted by atomic mass is 16.5. The van der Waals surface area contributed by atoms with Crippen molar-refractivity contribution in [1.82, 2.24) is 5.32 Å². The average molecular weight is 318 g/mol. The lowest BCUT2D eigenvalue weighted by Crippen LogP contribution is -2.40. The standard InChI is InChI=1S/C17H22N2O4/c1-2-3-4-15(17(21)22)18-16(20)13-5-7-14(8-6-13)19-9-11-23-12-10-19/h2-3,5-8,15H,4,9-12H2,1H3,(H,18,20)(H,21,22)/b3-2+. The van der Waals surface area contributed by atoms with E-state index in [0.29, 0.717) is 18.8 Å². The Morgan fingerprint density at radius 3 is 2.52 bits per heavy atom. The van der Waals surface area contributed by atoms with Gasteiger partial charge in [0.2, 0.25) is 0 Å². The van der Waals surface area contributed by atoms with Gasteiger partial charge in [-0.2, -0.15) is 0 Å². The Bertz CT molecular complexity index is 562. The first-order valence-electron chi connectivity index (χ1n) is 7.69. The number of hydrogen-bond donors (Lipinski definition) is 2. The van der Waals surface area contributed by atoms with Crippen LogP contribution < -0.4 is 10.2 Å². The molecule has 1 aliphatic heterocycles. The number of carboxylic acids is 1. The lowest BCUT2D eigenvalue weighted by atomic mass is 10.1. The molecule has 1 heterocycles. The molecule has 2 rings (SSSR count). The molecule has 0 saturated carbocycles. The fourth-order valence-electron chi connectivity index (χ4n) is 2.38. The van der Waals surface area contributed by atoms with E-state index in [9.17, 15) is 9.59 Å². The van der Waals surface area contributed by atoms with Crippen molar-refractivity contribution in [3.05, 3.63) is 42.0 Å². The van der Waals surface area contributed by atoms with Crippen LogP contribution in [0.1, 0.15) is 23.7 Å². The number of amides is 1. The smallest absolute Gasteiger partial charge is 0.326 e. The molecule has 1 aromatic carbocycles. The number of nitrogens with zero attached hydrogens (tertiary/aromatic N) is 1. The highest BCUT2D eigenvalue weighted by Gasteiger charge is 2.19. The molecule has 1 amide bonds. The monoisotopic (exact) mass is 318 g/mol. The molecular weight excluding hydrogens is 296 g/mol. The Labute approximate surface area is 135 Å². The van der Waals surface area contributed by atoms with E-state index >= 15 is 0 Å². The molecular formula is C17H22N2O4. The second-order valence-corrected chi connectivity index (χ2v) is 5.32. The van der Waals surface area contributed by atoms with Crippen molar-refractivity contribution in [2.75, 3.05) is 31.2 Å². The van der Waals surface area contributed by atoms with Crippen molar-refractivity contribution in [2.24, 2.45) is 0 Å². The number of carbonyl (C=O) groups is 2. The highest BCUT2D eigenvalue weighted by Crippen LogP contribution is 2.16. The van der Waals surface area contributed by atoms with Gasteiger partial charge in [0, 0.05) is 24.3 Å². The molecule has 23 heavy (non-hydrogen) atoms. The van der Waals surface area contributed by atoms with Crippen LogP contribution in [0.5, 0.6) is 0 Å². The van der Waals surface area contributed by atoms with Crippen LogP contribution in [0.15, 0.2) is 36.4 Å². The van der Waals surface area contributed by atoms with Crippen LogP contribution in [-0.2, 0) is 9.53 Å². The minimum atomic E-state index is -1.04. The fourth-order valence-corrected chi connectivity index (χ4v) is 2.38. The molecule has 1 saturated heterocycles. The number of rotatable bonds is 6. The van der Waals surface area contributed by atoms with Crippen LogP contribution in [0.4, 0.5) is 5.69 Å². The maximum atomic E-state index is 12.2. The molecule has 1 aliphatic rings. The summed E-state index contributed by atoms with van der Waals surface area (Å²) in [6, 6.07) is 6.27. The quantitative estimate of drug-likeness (QED) is 0.780. The third-order valence-corrected chi connectivity index (χ3v) is 3.72. The van der Waals surface area contributed by atoms with Crippen LogP contribution in [-0.4, -0.2) is 49.3 Å². The second kappa shape index (κ2) is 8.33. The molecule has 1 unspecified atom stereocenters. The number of allylic oxidation sites excluding steroid dienone is 1. The first-order chi connectivity index (χ1) is 11.1. The first-order valence-corrected chi connectivity index (χ1v) is 7.69. The van der Waals surface area contributed by atoms with E-state index in [1.54, 1.807) is 24.3 Å². The SMILES string of the molecule is C/C=C/CC(NC(=O)c1ccc(N2CCOCC2)cc1)C(=O)O. The molecule has 6 nitrogen and oxygen atoms in total. The van der Waals surface area contributed by atoms with Gasteiger partial charge >= 0.3 is 5.97 Å². The van der Waals surface area contributed by atoms with Gasteiger partial charge < -0.3 is 20.1 Å². The molecule has 1 fully saturated rings.